The van der Waals surface area contributed by atoms with E-state index in [0.29, 0.717) is 19.8 Å². The Morgan fingerprint density at radius 2 is 2.00 bits per heavy atom. The van der Waals surface area contributed by atoms with E-state index >= 15 is 0 Å². The molecule has 0 bridgehead atoms. The first kappa shape index (κ1) is 15.8. The van der Waals surface area contributed by atoms with Gasteiger partial charge in [-0.15, -0.1) is 0 Å². The summed E-state index contributed by atoms with van der Waals surface area (Å²) in [5, 5.41) is 2.82. The molecular weight excluding hydrogens is 248 g/mol. The molecule has 2 atom stereocenters. The molecule has 6 heteroatoms. The molecule has 0 aromatic carbocycles. The molecule has 1 fully saturated rings. The monoisotopic (exact) mass is 272 g/mol. The molecule has 0 unspecified atom stereocenters. The molecule has 1 heterocycles. The maximum Gasteiger partial charge on any atom is 0.407 e. The molecule has 1 aliphatic rings. The molecule has 6 nitrogen and oxygen atoms in total. The van der Waals surface area contributed by atoms with Crippen LogP contribution in [0.1, 0.15) is 33.6 Å². The Kier molecular flexibility index (Phi) is 6.62. The third-order valence-electron chi connectivity index (χ3n) is 3.23. The van der Waals surface area contributed by atoms with Crippen LogP contribution in [0, 0.1) is 0 Å². The lowest BCUT2D eigenvalue weighted by Gasteiger charge is -2.35. The maximum atomic E-state index is 11.7. The normalized spacial score (nSPS) is 21.5. The van der Waals surface area contributed by atoms with Gasteiger partial charge in [0.2, 0.25) is 0 Å². The predicted molar refractivity (Wildman–Crippen MR) is 70.8 cm³/mol. The van der Waals surface area contributed by atoms with Gasteiger partial charge in [0.1, 0.15) is 6.04 Å². The highest BCUT2D eigenvalue weighted by Gasteiger charge is 2.28. The molecule has 0 saturated carbocycles. The zero-order valence-electron chi connectivity index (χ0n) is 12.0. The average Bonchev–Trinajstić information content (AvgIpc) is 2.38. The molecule has 1 amide bonds. The number of nitrogens with zero attached hydrogens (tertiary/aromatic N) is 1. The summed E-state index contributed by atoms with van der Waals surface area (Å²) in [6.45, 7) is 7.66. The van der Waals surface area contributed by atoms with E-state index in [-0.39, 0.29) is 18.1 Å². The van der Waals surface area contributed by atoms with E-state index in [2.05, 4.69) is 5.32 Å². The lowest BCUT2D eigenvalue weighted by molar-refractivity contribution is -0.149. The molecule has 19 heavy (non-hydrogen) atoms. The highest BCUT2D eigenvalue weighted by molar-refractivity contribution is 5.75. The Balaban J connectivity index is 2.45. The molecule has 0 spiro atoms. The topological polar surface area (TPSA) is 67.9 Å². The van der Waals surface area contributed by atoms with Crippen LogP contribution in [0.4, 0.5) is 4.79 Å². The number of piperidine rings is 1. The Morgan fingerprint density at radius 3 is 2.63 bits per heavy atom. The lowest BCUT2D eigenvalue weighted by Crippen LogP contribution is -2.52. The Bertz CT molecular complexity index is 309. The third kappa shape index (κ3) is 5.06. The number of nitrogens with one attached hydrogen (secondary N) is 1. The van der Waals surface area contributed by atoms with Gasteiger partial charge in [0.05, 0.1) is 13.2 Å². The fourth-order valence-corrected chi connectivity index (χ4v) is 2.23. The summed E-state index contributed by atoms with van der Waals surface area (Å²) < 4.78 is 9.89. The van der Waals surface area contributed by atoms with Gasteiger partial charge >= 0.3 is 12.1 Å². The van der Waals surface area contributed by atoms with E-state index in [1.54, 1.807) is 13.8 Å². The number of alkyl carbamates (subject to hydrolysis) is 1. The number of hydrogen-bond acceptors (Lipinski definition) is 5. The highest BCUT2D eigenvalue weighted by Crippen LogP contribution is 2.14. The fraction of sp³-hybridized carbons (Fsp3) is 0.846. The van der Waals surface area contributed by atoms with Crippen LogP contribution >= 0.6 is 0 Å². The molecule has 0 aromatic heterocycles. The fourth-order valence-electron chi connectivity index (χ4n) is 2.23. The van der Waals surface area contributed by atoms with Crippen LogP contribution in [0.15, 0.2) is 0 Å². The molecule has 0 aromatic rings. The summed E-state index contributed by atoms with van der Waals surface area (Å²) in [4.78, 5) is 25.1. The summed E-state index contributed by atoms with van der Waals surface area (Å²) in [7, 11) is 0. The standard InChI is InChI=1S/C13H24N2O4/c1-4-18-12(16)10(3)15-8-6-7-11(9-15)14-13(17)19-5-2/h10-11H,4-9H2,1-3H3,(H,14,17)/t10-,11-/m1/s1. The number of amides is 1. The third-order valence-corrected chi connectivity index (χ3v) is 3.23. The van der Waals surface area contributed by atoms with E-state index in [1.165, 1.54) is 0 Å². The predicted octanol–water partition coefficient (Wildman–Crippen LogP) is 1.15. The van der Waals surface area contributed by atoms with Crippen molar-refractivity contribution in [2.75, 3.05) is 26.3 Å². The van der Waals surface area contributed by atoms with E-state index < -0.39 is 6.09 Å². The van der Waals surface area contributed by atoms with Crippen LogP contribution in [0.3, 0.4) is 0 Å². The number of rotatable bonds is 5. The van der Waals surface area contributed by atoms with Crippen molar-refractivity contribution in [1.82, 2.24) is 10.2 Å². The van der Waals surface area contributed by atoms with Gasteiger partial charge in [-0.25, -0.2) is 4.79 Å². The van der Waals surface area contributed by atoms with Crippen LogP contribution in [-0.2, 0) is 14.3 Å². The number of hydrogen-bond donors (Lipinski definition) is 1. The first-order valence-corrected chi connectivity index (χ1v) is 6.92. The van der Waals surface area contributed by atoms with Gasteiger partial charge in [-0.3, -0.25) is 9.69 Å². The molecule has 0 aliphatic carbocycles. The second kappa shape index (κ2) is 7.99. The lowest BCUT2D eigenvalue weighted by atomic mass is 10.0. The van der Waals surface area contributed by atoms with Crippen LogP contribution in [0.2, 0.25) is 0 Å². The van der Waals surface area contributed by atoms with Gasteiger partial charge in [-0.2, -0.15) is 0 Å². The average molecular weight is 272 g/mol. The summed E-state index contributed by atoms with van der Waals surface area (Å²) in [6.07, 6.45) is 1.46. The number of carbonyl (C=O) groups is 2. The second-order valence-electron chi connectivity index (χ2n) is 4.63. The van der Waals surface area contributed by atoms with Crippen molar-refractivity contribution in [3.63, 3.8) is 0 Å². The highest BCUT2D eigenvalue weighted by atomic mass is 16.5. The van der Waals surface area contributed by atoms with Crippen LogP contribution < -0.4 is 5.32 Å². The minimum atomic E-state index is -0.391. The van der Waals surface area contributed by atoms with Gasteiger partial charge in [0.25, 0.3) is 0 Å². The van der Waals surface area contributed by atoms with Crippen molar-refractivity contribution in [2.45, 2.75) is 45.7 Å². The summed E-state index contributed by atoms with van der Waals surface area (Å²) in [5.41, 5.74) is 0. The van der Waals surface area contributed by atoms with Crippen molar-refractivity contribution in [3.8, 4) is 0 Å². The van der Waals surface area contributed by atoms with E-state index in [4.69, 9.17) is 9.47 Å². The van der Waals surface area contributed by atoms with E-state index in [1.807, 2.05) is 11.8 Å². The number of ether oxygens (including phenoxy) is 2. The van der Waals surface area contributed by atoms with Crippen LogP contribution in [0.5, 0.6) is 0 Å². The smallest absolute Gasteiger partial charge is 0.407 e. The zero-order chi connectivity index (χ0) is 14.3. The van der Waals surface area contributed by atoms with Crippen molar-refractivity contribution in [1.29, 1.82) is 0 Å². The van der Waals surface area contributed by atoms with E-state index in [9.17, 15) is 9.59 Å². The first-order valence-electron chi connectivity index (χ1n) is 6.92. The minimum Gasteiger partial charge on any atom is -0.465 e. The number of esters is 1. The second-order valence-corrected chi connectivity index (χ2v) is 4.63. The SMILES string of the molecule is CCOC(=O)N[C@@H]1CCCN([C@H](C)C(=O)OCC)C1. The Labute approximate surface area is 114 Å². The van der Waals surface area contributed by atoms with Gasteiger partial charge in [0.15, 0.2) is 0 Å². The zero-order valence-corrected chi connectivity index (χ0v) is 12.0. The molecule has 1 saturated heterocycles. The van der Waals surface area contributed by atoms with Crippen LogP contribution in [-0.4, -0.2) is 55.3 Å². The van der Waals surface area contributed by atoms with Crippen molar-refractivity contribution in [2.24, 2.45) is 0 Å². The van der Waals surface area contributed by atoms with Gasteiger partial charge < -0.3 is 14.8 Å². The maximum absolute atomic E-state index is 11.7. The van der Waals surface area contributed by atoms with Crippen molar-refractivity contribution < 1.29 is 19.1 Å². The largest absolute Gasteiger partial charge is 0.465 e. The molecule has 110 valence electrons. The summed E-state index contributed by atoms with van der Waals surface area (Å²) in [6, 6.07) is -0.239. The van der Waals surface area contributed by atoms with Gasteiger partial charge in [0, 0.05) is 12.6 Å². The van der Waals surface area contributed by atoms with Gasteiger partial charge in [-0.1, -0.05) is 0 Å². The van der Waals surface area contributed by atoms with Crippen molar-refractivity contribution >= 4 is 12.1 Å². The molecule has 1 aliphatic heterocycles. The Morgan fingerprint density at radius 1 is 1.32 bits per heavy atom. The molecule has 0 radical (unpaired) electrons. The number of likely N-dealkylation sites (tertiary alicyclic amines) is 1. The summed E-state index contributed by atoms with van der Waals surface area (Å²) >= 11 is 0. The first-order chi connectivity index (χ1) is 9.08. The Hall–Kier alpha value is -1.30. The molecule has 1 N–H and O–H groups in total. The van der Waals surface area contributed by atoms with E-state index in [0.717, 1.165) is 19.4 Å². The summed E-state index contributed by atoms with van der Waals surface area (Å²) in [5.74, 6) is -0.209. The van der Waals surface area contributed by atoms with Crippen molar-refractivity contribution in [3.05, 3.63) is 0 Å². The minimum absolute atomic E-state index is 0.0321. The number of carbonyl (C=O) groups excluding carboxylic acids is 2. The van der Waals surface area contributed by atoms with Gasteiger partial charge in [-0.05, 0) is 40.2 Å². The van der Waals surface area contributed by atoms with Crippen LogP contribution in [0.25, 0.3) is 0 Å². The molecular formula is C13H24N2O4. The molecule has 1 rings (SSSR count). The quantitative estimate of drug-likeness (QED) is 0.760.